The molecule has 5 heteroatoms. The van der Waals surface area contributed by atoms with E-state index in [4.69, 9.17) is 4.74 Å². The second kappa shape index (κ2) is 5.59. The van der Waals surface area contributed by atoms with Crippen molar-refractivity contribution in [3.63, 3.8) is 0 Å². The highest BCUT2D eigenvalue weighted by atomic mass is 16.5. The summed E-state index contributed by atoms with van der Waals surface area (Å²) < 4.78 is 8.38. The van der Waals surface area contributed by atoms with E-state index in [-0.39, 0.29) is 5.60 Å². The minimum atomic E-state index is 0.201. The van der Waals surface area contributed by atoms with Crippen LogP contribution >= 0.6 is 0 Å². The van der Waals surface area contributed by atoms with Crippen LogP contribution in [0.1, 0.15) is 50.8 Å². The molecule has 1 saturated carbocycles. The summed E-state index contributed by atoms with van der Waals surface area (Å²) in [6.45, 7) is 1.61. The first-order chi connectivity index (χ1) is 9.31. The van der Waals surface area contributed by atoms with E-state index in [1.807, 2.05) is 11.7 Å². The number of hydrogen-bond acceptors (Lipinski definition) is 4. The van der Waals surface area contributed by atoms with Gasteiger partial charge in [0.25, 0.3) is 0 Å². The highest BCUT2D eigenvalue weighted by Crippen LogP contribution is 2.42. The Morgan fingerprint density at radius 1 is 1.37 bits per heavy atom. The van der Waals surface area contributed by atoms with Crippen molar-refractivity contribution in [2.75, 3.05) is 7.05 Å². The van der Waals surface area contributed by atoms with Gasteiger partial charge in [-0.2, -0.15) is 5.10 Å². The molecule has 1 aliphatic heterocycles. The van der Waals surface area contributed by atoms with Gasteiger partial charge in [-0.15, -0.1) is 0 Å². The highest BCUT2D eigenvalue weighted by molar-refractivity contribution is 4.92. The lowest BCUT2D eigenvalue weighted by atomic mass is 9.83. The fraction of sp³-hybridized carbons (Fsp3) is 0.857. The number of hydrogen-bond donors (Lipinski definition) is 1. The molecular formula is C14H24N4O. The summed E-state index contributed by atoms with van der Waals surface area (Å²) in [5.41, 5.74) is 0.201. The average Bonchev–Trinajstić information content (AvgIpc) is 3.00. The van der Waals surface area contributed by atoms with E-state index >= 15 is 0 Å². The van der Waals surface area contributed by atoms with Gasteiger partial charge in [0, 0.05) is 0 Å². The minimum absolute atomic E-state index is 0.201. The van der Waals surface area contributed by atoms with Gasteiger partial charge in [0.05, 0.1) is 24.8 Å². The Labute approximate surface area is 114 Å². The van der Waals surface area contributed by atoms with E-state index in [0.29, 0.717) is 6.10 Å². The van der Waals surface area contributed by atoms with Gasteiger partial charge in [-0.1, -0.05) is 19.3 Å². The summed E-state index contributed by atoms with van der Waals surface area (Å²) >= 11 is 0. The minimum Gasteiger partial charge on any atom is -0.370 e. The van der Waals surface area contributed by atoms with Crippen molar-refractivity contribution in [3.8, 4) is 0 Å². The zero-order valence-corrected chi connectivity index (χ0v) is 11.8. The Morgan fingerprint density at radius 3 is 3.00 bits per heavy atom. The van der Waals surface area contributed by atoms with Crippen LogP contribution < -0.4 is 5.32 Å². The molecule has 2 aliphatic rings. The van der Waals surface area contributed by atoms with Crippen LogP contribution in [-0.4, -0.2) is 33.5 Å². The first-order valence-corrected chi connectivity index (χ1v) is 7.50. The van der Waals surface area contributed by atoms with Crippen molar-refractivity contribution in [1.82, 2.24) is 20.1 Å². The molecule has 1 unspecified atom stereocenters. The predicted molar refractivity (Wildman–Crippen MR) is 72.7 cm³/mol. The molecule has 2 heterocycles. The van der Waals surface area contributed by atoms with Gasteiger partial charge in [-0.3, -0.25) is 0 Å². The summed E-state index contributed by atoms with van der Waals surface area (Å²) in [5, 5.41) is 7.45. The Kier molecular flexibility index (Phi) is 3.84. The van der Waals surface area contributed by atoms with Crippen molar-refractivity contribution in [2.24, 2.45) is 0 Å². The molecular weight excluding hydrogens is 240 g/mol. The van der Waals surface area contributed by atoms with E-state index in [2.05, 4.69) is 15.4 Å². The molecule has 106 valence electrons. The van der Waals surface area contributed by atoms with Crippen molar-refractivity contribution in [3.05, 3.63) is 12.2 Å². The van der Waals surface area contributed by atoms with E-state index in [1.54, 1.807) is 6.33 Å². The van der Waals surface area contributed by atoms with Crippen molar-refractivity contribution < 1.29 is 4.74 Å². The van der Waals surface area contributed by atoms with Gasteiger partial charge < -0.3 is 10.1 Å². The lowest BCUT2D eigenvalue weighted by Gasteiger charge is -2.33. The molecule has 0 aromatic carbocycles. The van der Waals surface area contributed by atoms with Gasteiger partial charge in [0.1, 0.15) is 12.2 Å². The van der Waals surface area contributed by atoms with Crippen LogP contribution in [0.3, 0.4) is 0 Å². The van der Waals surface area contributed by atoms with Gasteiger partial charge in [0.15, 0.2) is 0 Å². The van der Waals surface area contributed by atoms with Crippen LogP contribution in [0.25, 0.3) is 0 Å². The van der Waals surface area contributed by atoms with E-state index in [9.17, 15) is 0 Å². The van der Waals surface area contributed by atoms with Gasteiger partial charge >= 0.3 is 0 Å². The molecule has 2 fully saturated rings. The maximum atomic E-state index is 6.39. The smallest absolute Gasteiger partial charge is 0.140 e. The van der Waals surface area contributed by atoms with Crippen LogP contribution in [0.2, 0.25) is 0 Å². The maximum absolute atomic E-state index is 6.39. The Hall–Kier alpha value is -0.940. The van der Waals surface area contributed by atoms with E-state index in [1.165, 1.54) is 44.9 Å². The average molecular weight is 264 g/mol. The summed E-state index contributed by atoms with van der Waals surface area (Å²) in [4.78, 5) is 4.29. The maximum Gasteiger partial charge on any atom is 0.140 e. The summed E-state index contributed by atoms with van der Waals surface area (Å²) in [6.07, 6.45) is 10.9. The first kappa shape index (κ1) is 13.1. The van der Waals surface area contributed by atoms with Gasteiger partial charge in [-0.05, 0) is 32.7 Å². The number of rotatable bonds is 4. The molecule has 19 heavy (non-hydrogen) atoms. The normalized spacial score (nSPS) is 26.1. The third-order valence-electron chi connectivity index (χ3n) is 4.51. The molecule has 0 radical (unpaired) electrons. The van der Waals surface area contributed by atoms with Crippen molar-refractivity contribution >= 4 is 0 Å². The number of aromatic nitrogens is 3. The molecule has 3 rings (SSSR count). The zero-order valence-electron chi connectivity index (χ0n) is 11.8. The Balaban J connectivity index is 1.60. The van der Waals surface area contributed by atoms with Gasteiger partial charge in [0.2, 0.25) is 0 Å². The standard InChI is InChI=1S/C14H24N4O/c1-15-9-13-16-11-17-18(13)10-12-5-8-14(19-12)6-3-2-4-7-14/h11-12,15H,2-10H2,1H3. The molecule has 1 spiro atoms. The van der Waals surface area contributed by atoms with Crippen LogP contribution in [0.15, 0.2) is 6.33 Å². The SMILES string of the molecule is CNCc1ncnn1CC1CCC2(CCCCC2)O1. The third-order valence-corrected chi connectivity index (χ3v) is 4.51. The second-order valence-electron chi connectivity index (χ2n) is 5.91. The molecule has 1 atom stereocenters. The predicted octanol–water partition coefficient (Wildman–Crippen LogP) is 1.88. The lowest BCUT2D eigenvalue weighted by Crippen LogP contribution is -2.32. The summed E-state index contributed by atoms with van der Waals surface area (Å²) in [7, 11) is 1.93. The quantitative estimate of drug-likeness (QED) is 0.902. The topological polar surface area (TPSA) is 52.0 Å². The third kappa shape index (κ3) is 2.82. The van der Waals surface area contributed by atoms with Gasteiger partial charge in [-0.25, -0.2) is 9.67 Å². The Morgan fingerprint density at radius 2 is 2.21 bits per heavy atom. The van der Waals surface area contributed by atoms with E-state index < -0.39 is 0 Å². The van der Waals surface area contributed by atoms with Crippen molar-refractivity contribution in [1.29, 1.82) is 0 Å². The molecule has 1 saturated heterocycles. The Bertz CT molecular complexity index is 411. The molecule has 1 aromatic heterocycles. The molecule has 0 bridgehead atoms. The fourth-order valence-corrected chi connectivity index (χ4v) is 3.52. The van der Waals surface area contributed by atoms with Crippen LogP contribution in [0, 0.1) is 0 Å². The number of nitrogens with zero attached hydrogens (tertiary/aromatic N) is 3. The molecule has 1 N–H and O–H groups in total. The number of nitrogens with one attached hydrogen (secondary N) is 1. The second-order valence-corrected chi connectivity index (χ2v) is 5.91. The fourth-order valence-electron chi connectivity index (χ4n) is 3.52. The van der Waals surface area contributed by atoms with E-state index in [0.717, 1.165) is 18.9 Å². The summed E-state index contributed by atoms with van der Waals surface area (Å²) in [5.74, 6) is 0.996. The van der Waals surface area contributed by atoms with Crippen LogP contribution in [0.5, 0.6) is 0 Å². The van der Waals surface area contributed by atoms with Crippen LogP contribution in [0.4, 0.5) is 0 Å². The summed E-state index contributed by atoms with van der Waals surface area (Å²) in [6, 6.07) is 0. The lowest BCUT2D eigenvalue weighted by molar-refractivity contribution is -0.0691. The molecule has 1 aliphatic carbocycles. The zero-order chi connectivity index (χ0) is 13.1. The largest absolute Gasteiger partial charge is 0.370 e. The van der Waals surface area contributed by atoms with Crippen LogP contribution in [-0.2, 0) is 17.8 Å². The molecule has 0 amide bonds. The van der Waals surface area contributed by atoms with Crippen molar-refractivity contribution in [2.45, 2.75) is 69.7 Å². The highest BCUT2D eigenvalue weighted by Gasteiger charge is 2.40. The first-order valence-electron chi connectivity index (χ1n) is 7.50. The monoisotopic (exact) mass is 264 g/mol. The number of ether oxygens (including phenoxy) is 1. The molecule has 5 nitrogen and oxygen atoms in total. The molecule has 1 aromatic rings.